The molecular formula is C78H141N3O33. The lowest BCUT2D eigenvalue weighted by atomic mass is 9.94. The van der Waals surface area contributed by atoms with Crippen LogP contribution in [0.4, 0.5) is 0 Å². The number of rotatable bonds is 54. The number of hydrogen-bond acceptors (Lipinski definition) is 33. The quantitative estimate of drug-likeness (QED) is 0.0240. The Morgan fingerprint density at radius 3 is 1.17 bits per heavy atom. The molecule has 0 radical (unpaired) electrons. The van der Waals surface area contributed by atoms with Crippen molar-refractivity contribution in [1.82, 2.24) is 16.0 Å². The Hall–Kier alpha value is -3.05. The largest absolute Gasteiger partial charge is 0.394 e. The Morgan fingerprint density at radius 1 is 0.351 bits per heavy atom. The molecule has 6 heterocycles. The third-order valence-corrected chi connectivity index (χ3v) is 22.2. The van der Waals surface area contributed by atoms with Crippen LogP contribution >= 0.6 is 0 Å². The van der Waals surface area contributed by atoms with E-state index in [0.29, 0.717) is 12.8 Å². The van der Waals surface area contributed by atoms with E-state index in [1.807, 2.05) is 6.08 Å². The number of aliphatic hydroxyl groups excluding tert-OH is 18. The van der Waals surface area contributed by atoms with E-state index in [1.54, 1.807) is 6.08 Å². The van der Waals surface area contributed by atoms with Gasteiger partial charge >= 0.3 is 0 Å². The molecule has 0 aliphatic carbocycles. The van der Waals surface area contributed by atoms with Crippen molar-refractivity contribution in [2.24, 2.45) is 0 Å². The molecule has 6 aliphatic rings. The molecule has 21 N–H and O–H groups in total. The van der Waals surface area contributed by atoms with Gasteiger partial charge in [-0.2, -0.15) is 0 Å². The van der Waals surface area contributed by atoms with E-state index in [4.69, 9.17) is 56.8 Å². The molecule has 36 heteroatoms. The molecule has 6 rings (SSSR count). The molecule has 666 valence electrons. The lowest BCUT2D eigenvalue weighted by Crippen LogP contribution is -2.69. The molecule has 114 heavy (non-hydrogen) atoms. The Bertz CT molecular complexity index is 2630. The minimum atomic E-state index is -2.34. The lowest BCUT2D eigenvalue weighted by Gasteiger charge is -2.50. The first-order chi connectivity index (χ1) is 54.8. The highest BCUT2D eigenvalue weighted by Crippen LogP contribution is 2.37. The monoisotopic (exact) mass is 1650 g/mol. The first-order valence-corrected chi connectivity index (χ1v) is 42.0. The zero-order valence-corrected chi connectivity index (χ0v) is 67.0. The lowest BCUT2D eigenvalue weighted by molar-refractivity contribution is -0.390. The second-order valence-corrected chi connectivity index (χ2v) is 31.4. The summed E-state index contributed by atoms with van der Waals surface area (Å²) in [7, 11) is 0. The summed E-state index contributed by atoms with van der Waals surface area (Å²) in [4.78, 5) is 38.8. The third-order valence-electron chi connectivity index (χ3n) is 22.2. The van der Waals surface area contributed by atoms with E-state index in [-0.39, 0.29) is 12.3 Å². The van der Waals surface area contributed by atoms with Crippen molar-refractivity contribution in [1.29, 1.82) is 0 Å². The van der Waals surface area contributed by atoms with Gasteiger partial charge in [-0.15, -0.1) is 0 Å². The summed E-state index contributed by atoms with van der Waals surface area (Å²) in [5.74, 6) is -1.97. The number of aliphatic hydroxyl groups is 18. The SMILES string of the molecule is CCCCCCCCCCCCC/C=C/[C@@H](O)[C@H](CO[C@@H]1OC(CO)[C@@H](O[C@@H]2OC(CO[C@@H]3OC(CO)[C@@H](O[C@@H]4OC(CO)[C@H](O)[C@H](O)C4O)[C@H](O)C3NC(C)=O)[C@H](O)[C@H](O[C@H]3OC(CO)[C@H](O)[C@H](O[C@@H]4OC(CO)[C@H](O)[C@H](O)C4NC(C)=O)C3O)C2O)[C@H](O)C1O)NC(=O)CCCCCCCCCCCCCCCCCCC. The minimum absolute atomic E-state index is 0.145. The molecule has 0 aromatic rings. The van der Waals surface area contributed by atoms with Gasteiger partial charge in [0.15, 0.2) is 37.7 Å². The summed E-state index contributed by atoms with van der Waals surface area (Å²) in [6.07, 6.45) is -19.0. The summed E-state index contributed by atoms with van der Waals surface area (Å²) in [5, 5.41) is 209. The Balaban J connectivity index is 1.19. The summed E-state index contributed by atoms with van der Waals surface area (Å²) in [5.41, 5.74) is 0. The fraction of sp³-hybridized carbons (Fsp3) is 0.936. The highest BCUT2D eigenvalue weighted by Gasteiger charge is 2.58. The van der Waals surface area contributed by atoms with Crippen LogP contribution in [0, 0.1) is 0 Å². The molecule has 6 aliphatic heterocycles. The van der Waals surface area contributed by atoms with Crippen molar-refractivity contribution in [2.75, 3.05) is 46.2 Å². The van der Waals surface area contributed by atoms with Crippen LogP contribution in [0.25, 0.3) is 0 Å². The second-order valence-electron chi connectivity index (χ2n) is 31.4. The van der Waals surface area contributed by atoms with Crippen molar-refractivity contribution in [3.8, 4) is 0 Å². The fourth-order valence-electron chi connectivity index (χ4n) is 15.3. The smallest absolute Gasteiger partial charge is 0.220 e. The Kier molecular flexibility index (Phi) is 47.0. The second kappa shape index (κ2) is 53.7. The maximum absolute atomic E-state index is 13.7. The van der Waals surface area contributed by atoms with Crippen LogP contribution in [-0.4, -0.2) is 352 Å². The van der Waals surface area contributed by atoms with Gasteiger partial charge in [0.1, 0.15) is 146 Å². The zero-order chi connectivity index (χ0) is 83.4. The van der Waals surface area contributed by atoms with E-state index in [2.05, 4.69) is 29.8 Å². The number of hydrogen-bond donors (Lipinski definition) is 21. The van der Waals surface area contributed by atoms with Gasteiger partial charge in [-0.05, 0) is 19.3 Å². The molecule has 6 fully saturated rings. The Labute approximate surface area is 669 Å². The van der Waals surface area contributed by atoms with E-state index in [1.165, 1.54) is 122 Å². The molecule has 3 amide bonds. The predicted octanol–water partition coefficient (Wildman–Crippen LogP) is -1.64. The molecule has 0 bridgehead atoms. The summed E-state index contributed by atoms with van der Waals surface area (Å²) in [6, 6.07) is -4.48. The first-order valence-electron chi connectivity index (χ1n) is 42.0. The number of ether oxygens (including phenoxy) is 12. The summed E-state index contributed by atoms with van der Waals surface area (Å²) < 4.78 is 71.3. The Morgan fingerprint density at radius 2 is 0.702 bits per heavy atom. The van der Waals surface area contributed by atoms with Crippen LogP contribution in [0.5, 0.6) is 0 Å². The van der Waals surface area contributed by atoms with Crippen LogP contribution in [-0.2, 0) is 71.2 Å². The molecule has 0 aromatic heterocycles. The third kappa shape index (κ3) is 30.8. The number of carbonyl (C=O) groups excluding carboxylic acids is 3. The summed E-state index contributed by atoms with van der Waals surface area (Å²) in [6.45, 7) is 0.204. The predicted molar refractivity (Wildman–Crippen MR) is 403 cm³/mol. The van der Waals surface area contributed by atoms with Crippen LogP contribution in [0.2, 0.25) is 0 Å². The fourth-order valence-corrected chi connectivity index (χ4v) is 15.3. The van der Waals surface area contributed by atoms with Gasteiger partial charge in [-0.3, -0.25) is 14.4 Å². The average Bonchev–Trinajstić information content (AvgIpc) is 0.775. The van der Waals surface area contributed by atoms with E-state index in [0.717, 1.165) is 65.2 Å². The van der Waals surface area contributed by atoms with Crippen molar-refractivity contribution < 1.29 is 163 Å². The number of amides is 3. The number of unbranched alkanes of at least 4 members (excludes halogenated alkanes) is 27. The maximum Gasteiger partial charge on any atom is 0.220 e. The van der Waals surface area contributed by atoms with E-state index < -0.39 is 254 Å². The molecule has 12 unspecified atom stereocenters. The first kappa shape index (κ1) is 99.8. The molecule has 6 saturated heterocycles. The number of nitrogens with one attached hydrogen (secondary N) is 3. The van der Waals surface area contributed by atoms with Crippen molar-refractivity contribution >= 4 is 17.7 Å². The van der Waals surface area contributed by atoms with Crippen LogP contribution in [0.15, 0.2) is 12.2 Å². The van der Waals surface area contributed by atoms with Crippen molar-refractivity contribution in [3.63, 3.8) is 0 Å². The number of allylic oxidation sites excluding steroid dienone is 1. The van der Waals surface area contributed by atoms with Crippen molar-refractivity contribution in [2.45, 2.75) is 417 Å². The van der Waals surface area contributed by atoms with Gasteiger partial charge < -0.3 is 165 Å². The van der Waals surface area contributed by atoms with Gasteiger partial charge in [0.05, 0.1) is 58.4 Å². The standard InChI is InChI=1S/C78H141N3O33/c1-5-7-9-11-13-15-17-19-20-21-22-24-26-28-30-32-34-36-54(90)81-46(47(89)35-33-31-29-27-25-23-18-16-14-12-10-8-6-2)42-103-75-66(100)64(98)70(52(41-86)109-75)112-78-68(102)72(114-77-67(101)71(59(93)50(39-84)107-77)113-74-55(79-44(3)87)61(95)57(91)48(37-82)105-74)60(94)53(110-78)43-104-73-56(80-45(4)88)62(96)69(51(40-85)108-73)111-76-65(99)63(97)58(92)49(38-83)106-76/h33,35,46-53,55-78,82-86,89,91-102H,5-32,34,36-43H2,1-4H3,(H,79,87)(H,80,88)(H,81,90)/b35-33+/t46-,47+,48?,49?,50?,51?,52?,53?,55?,56?,57-,58-,59-,60-,61+,62+,63-,64+,65?,66?,67?,68?,69+,70+,71-,72-,73+,74-,75+,76-,77+,78-/m0/s1. The molecule has 0 spiro atoms. The van der Waals surface area contributed by atoms with Gasteiger partial charge in [0, 0.05) is 20.3 Å². The molecule has 32 atom stereocenters. The van der Waals surface area contributed by atoms with Crippen molar-refractivity contribution in [3.05, 3.63) is 12.2 Å². The molecule has 0 saturated carbocycles. The summed E-state index contributed by atoms with van der Waals surface area (Å²) >= 11 is 0. The highest BCUT2D eigenvalue weighted by atomic mass is 16.8. The average molecular weight is 1650 g/mol. The van der Waals surface area contributed by atoms with E-state index >= 15 is 0 Å². The maximum atomic E-state index is 13.7. The van der Waals surface area contributed by atoms with Gasteiger partial charge in [-0.1, -0.05) is 193 Å². The zero-order valence-electron chi connectivity index (χ0n) is 67.0. The van der Waals surface area contributed by atoms with Gasteiger partial charge in [-0.25, -0.2) is 0 Å². The van der Waals surface area contributed by atoms with Crippen LogP contribution in [0.3, 0.4) is 0 Å². The topological polar surface area (TPSA) is 562 Å². The highest BCUT2D eigenvalue weighted by molar-refractivity contribution is 5.76. The molecular weight excluding hydrogens is 1510 g/mol. The number of carbonyl (C=O) groups is 3. The van der Waals surface area contributed by atoms with Gasteiger partial charge in [0.2, 0.25) is 17.7 Å². The minimum Gasteiger partial charge on any atom is -0.394 e. The van der Waals surface area contributed by atoms with Crippen LogP contribution in [0.1, 0.15) is 220 Å². The van der Waals surface area contributed by atoms with E-state index in [9.17, 15) is 106 Å². The van der Waals surface area contributed by atoms with Gasteiger partial charge in [0.25, 0.3) is 0 Å². The normalized spacial score (nSPS) is 36.8. The molecule has 0 aromatic carbocycles. The van der Waals surface area contributed by atoms with Crippen LogP contribution < -0.4 is 16.0 Å². The molecule has 36 nitrogen and oxygen atoms in total.